The van der Waals surface area contributed by atoms with Gasteiger partial charge in [-0.1, -0.05) is 29.3 Å². The van der Waals surface area contributed by atoms with Gasteiger partial charge < -0.3 is 4.57 Å². The average Bonchev–Trinajstić information content (AvgIpc) is 2.45. The molecule has 0 spiro atoms. The summed E-state index contributed by atoms with van der Waals surface area (Å²) in [7, 11) is -0.728. The van der Waals surface area contributed by atoms with Gasteiger partial charge in [0.05, 0.1) is 21.5 Å². The van der Waals surface area contributed by atoms with E-state index in [0.717, 1.165) is 9.87 Å². The van der Waals surface area contributed by atoms with Crippen molar-refractivity contribution >= 4 is 33.2 Å². The first kappa shape index (κ1) is 17.0. The molecule has 0 N–H and O–H groups in total. The fourth-order valence-electron chi connectivity index (χ4n) is 1.83. The fraction of sp³-hybridized carbons (Fsp3) is 0.214. The van der Waals surface area contributed by atoms with Crippen molar-refractivity contribution in [3.05, 3.63) is 62.5 Å². The van der Waals surface area contributed by atoms with Crippen molar-refractivity contribution in [3.8, 4) is 0 Å². The lowest BCUT2D eigenvalue weighted by Crippen LogP contribution is -2.26. The van der Waals surface area contributed by atoms with Gasteiger partial charge in [0.2, 0.25) is 10.0 Å². The van der Waals surface area contributed by atoms with Crippen LogP contribution in [0.15, 0.2) is 46.2 Å². The van der Waals surface area contributed by atoms with Crippen LogP contribution in [-0.2, 0) is 16.6 Å². The zero-order chi connectivity index (χ0) is 16.5. The monoisotopic (exact) mass is 360 g/mol. The van der Waals surface area contributed by atoms with E-state index in [-0.39, 0.29) is 17.0 Å². The fourth-order valence-corrected chi connectivity index (χ4v) is 3.07. The molecule has 8 heteroatoms. The molecule has 1 aromatic heterocycles. The van der Waals surface area contributed by atoms with Crippen molar-refractivity contribution in [2.75, 3.05) is 14.1 Å². The van der Waals surface area contributed by atoms with Gasteiger partial charge in [0.15, 0.2) is 0 Å². The van der Waals surface area contributed by atoms with Crippen molar-refractivity contribution in [2.24, 2.45) is 0 Å². The lowest BCUT2D eigenvalue weighted by Gasteiger charge is -2.13. The molecule has 2 rings (SSSR count). The molecule has 0 saturated heterocycles. The van der Waals surface area contributed by atoms with Crippen LogP contribution < -0.4 is 5.56 Å². The number of hydrogen-bond donors (Lipinski definition) is 0. The third kappa shape index (κ3) is 3.52. The van der Waals surface area contributed by atoms with E-state index >= 15 is 0 Å². The molecule has 0 fully saturated rings. The van der Waals surface area contributed by atoms with E-state index in [9.17, 15) is 13.2 Å². The van der Waals surface area contributed by atoms with Crippen molar-refractivity contribution in [1.82, 2.24) is 8.87 Å². The second-order valence-corrected chi connectivity index (χ2v) is 7.83. The van der Waals surface area contributed by atoms with Crippen LogP contribution in [0.5, 0.6) is 0 Å². The first-order valence-electron chi connectivity index (χ1n) is 6.29. The Hall–Kier alpha value is -1.34. The highest BCUT2D eigenvalue weighted by Crippen LogP contribution is 2.23. The zero-order valence-corrected chi connectivity index (χ0v) is 14.3. The number of nitrogens with zero attached hydrogens (tertiary/aromatic N) is 2. The molecule has 5 nitrogen and oxygen atoms in total. The Bertz CT molecular complexity index is 861. The number of aromatic nitrogens is 1. The Morgan fingerprint density at radius 3 is 2.36 bits per heavy atom. The molecular formula is C14H14Cl2N2O3S. The molecule has 1 heterocycles. The van der Waals surface area contributed by atoms with E-state index in [4.69, 9.17) is 23.2 Å². The standard InChI is InChI=1S/C14H14Cl2N2O3S/c1-17(2)22(20,21)11-4-6-14(19)18(9-11)8-10-3-5-12(15)13(16)7-10/h3-7,9H,8H2,1-2H3. The number of hydrogen-bond acceptors (Lipinski definition) is 3. The van der Waals surface area contributed by atoms with Gasteiger partial charge in [0.1, 0.15) is 0 Å². The molecule has 22 heavy (non-hydrogen) atoms. The smallest absolute Gasteiger partial charge is 0.250 e. The minimum atomic E-state index is -3.60. The van der Waals surface area contributed by atoms with Gasteiger partial charge in [-0.15, -0.1) is 0 Å². The van der Waals surface area contributed by atoms with E-state index in [1.54, 1.807) is 18.2 Å². The highest BCUT2D eigenvalue weighted by Gasteiger charge is 2.18. The number of rotatable bonds is 4. The number of benzene rings is 1. The summed E-state index contributed by atoms with van der Waals surface area (Å²) in [6.07, 6.45) is 1.32. The molecular weight excluding hydrogens is 347 g/mol. The zero-order valence-electron chi connectivity index (χ0n) is 12.0. The van der Waals surface area contributed by atoms with Gasteiger partial charge in [0, 0.05) is 26.4 Å². The summed E-state index contributed by atoms with van der Waals surface area (Å²) in [6.45, 7) is 0.201. The molecule has 0 amide bonds. The molecule has 0 unspecified atom stereocenters. The molecule has 0 aliphatic carbocycles. The van der Waals surface area contributed by atoms with E-state index in [0.29, 0.717) is 10.0 Å². The maximum absolute atomic E-state index is 12.1. The SMILES string of the molecule is CN(C)S(=O)(=O)c1ccc(=O)n(Cc2ccc(Cl)c(Cl)c2)c1. The van der Waals surface area contributed by atoms with Crippen LogP contribution in [0, 0.1) is 0 Å². The van der Waals surface area contributed by atoms with Crippen LogP contribution >= 0.6 is 23.2 Å². The van der Waals surface area contributed by atoms with Crippen LogP contribution in [0.25, 0.3) is 0 Å². The molecule has 2 aromatic rings. The summed E-state index contributed by atoms with van der Waals surface area (Å²) in [5, 5.41) is 0.797. The Morgan fingerprint density at radius 2 is 1.77 bits per heavy atom. The minimum Gasteiger partial charge on any atom is -0.310 e. The number of sulfonamides is 1. The maximum atomic E-state index is 12.1. The Morgan fingerprint density at radius 1 is 1.09 bits per heavy atom. The Balaban J connectivity index is 2.43. The van der Waals surface area contributed by atoms with E-state index in [1.165, 1.54) is 37.0 Å². The van der Waals surface area contributed by atoms with E-state index < -0.39 is 10.0 Å². The summed E-state index contributed by atoms with van der Waals surface area (Å²) in [5.41, 5.74) is 0.444. The van der Waals surface area contributed by atoms with E-state index in [1.807, 2.05) is 0 Å². The largest absolute Gasteiger partial charge is 0.310 e. The van der Waals surface area contributed by atoms with Gasteiger partial charge in [-0.05, 0) is 23.8 Å². The van der Waals surface area contributed by atoms with Crippen LogP contribution in [0.2, 0.25) is 10.0 Å². The third-order valence-corrected chi connectivity index (χ3v) is 5.61. The highest BCUT2D eigenvalue weighted by atomic mass is 35.5. The lowest BCUT2D eigenvalue weighted by molar-refractivity contribution is 0.519. The molecule has 118 valence electrons. The van der Waals surface area contributed by atoms with Crippen molar-refractivity contribution in [2.45, 2.75) is 11.4 Å². The molecule has 0 aliphatic heterocycles. The first-order chi connectivity index (χ1) is 10.2. The highest BCUT2D eigenvalue weighted by molar-refractivity contribution is 7.89. The topological polar surface area (TPSA) is 59.4 Å². The third-order valence-electron chi connectivity index (χ3n) is 3.07. The number of halogens is 2. The molecule has 1 aromatic carbocycles. The van der Waals surface area contributed by atoms with Gasteiger partial charge in [-0.25, -0.2) is 12.7 Å². The summed E-state index contributed by atoms with van der Waals surface area (Å²) < 4.78 is 26.6. The maximum Gasteiger partial charge on any atom is 0.250 e. The van der Waals surface area contributed by atoms with E-state index in [2.05, 4.69) is 0 Å². The van der Waals surface area contributed by atoms with Crippen LogP contribution in [0.1, 0.15) is 5.56 Å². The van der Waals surface area contributed by atoms with Crippen molar-refractivity contribution in [1.29, 1.82) is 0 Å². The van der Waals surface area contributed by atoms with Crippen LogP contribution in [0.4, 0.5) is 0 Å². The molecule has 0 radical (unpaired) electrons. The Kier molecular flexibility index (Phi) is 4.97. The summed E-state index contributed by atoms with van der Waals surface area (Å²) in [4.78, 5) is 12.0. The van der Waals surface area contributed by atoms with Crippen molar-refractivity contribution < 1.29 is 8.42 Å². The first-order valence-corrected chi connectivity index (χ1v) is 8.48. The molecule has 0 atom stereocenters. The predicted octanol–water partition coefficient (Wildman–Crippen LogP) is 2.45. The minimum absolute atomic E-state index is 0.0529. The molecule has 0 saturated carbocycles. The number of pyridine rings is 1. The van der Waals surface area contributed by atoms with Gasteiger partial charge in [-0.3, -0.25) is 4.79 Å². The van der Waals surface area contributed by atoms with Gasteiger partial charge >= 0.3 is 0 Å². The quantitative estimate of drug-likeness (QED) is 0.841. The second-order valence-electron chi connectivity index (χ2n) is 4.87. The predicted molar refractivity (Wildman–Crippen MR) is 87.1 cm³/mol. The molecule has 0 bridgehead atoms. The normalized spacial score (nSPS) is 11.9. The summed E-state index contributed by atoms with van der Waals surface area (Å²) in [6, 6.07) is 7.53. The lowest BCUT2D eigenvalue weighted by atomic mass is 10.2. The molecule has 0 aliphatic rings. The van der Waals surface area contributed by atoms with Gasteiger partial charge in [-0.2, -0.15) is 0 Å². The van der Waals surface area contributed by atoms with Crippen molar-refractivity contribution in [3.63, 3.8) is 0 Å². The summed E-state index contributed by atoms with van der Waals surface area (Å²) in [5.74, 6) is 0. The van der Waals surface area contributed by atoms with Crippen LogP contribution in [-0.4, -0.2) is 31.4 Å². The van der Waals surface area contributed by atoms with Gasteiger partial charge in [0.25, 0.3) is 5.56 Å². The Labute approximate surface area is 138 Å². The van der Waals surface area contributed by atoms with Crippen LogP contribution in [0.3, 0.4) is 0 Å². The second kappa shape index (κ2) is 6.42. The average molecular weight is 361 g/mol. The summed E-state index contributed by atoms with van der Waals surface area (Å²) >= 11 is 11.8.